The lowest BCUT2D eigenvalue weighted by Gasteiger charge is -2.33. The summed E-state index contributed by atoms with van der Waals surface area (Å²) in [4.78, 5) is 4.37. The number of nitrogens with two attached hydrogens (primary N) is 1. The van der Waals surface area contributed by atoms with Crippen LogP contribution in [0.25, 0.3) is 0 Å². The van der Waals surface area contributed by atoms with Crippen molar-refractivity contribution in [2.24, 2.45) is 5.73 Å². The van der Waals surface area contributed by atoms with Gasteiger partial charge in [-0.05, 0) is 40.9 Å². The van der Waals surface area contributed by atoms with Crippen LogP contribution in [0.4, 0.5) is 0 Å². The fourth-order valence-electron chi connectivity index (χ4n) is 2.64. The molecule has 1 aromatic rings. The lowest BCUT2D eigenvalue weighted by Crippen LogP contribution is -2.48. The normalized spacial score (nSPS) is 20.4. The molecule has 1 aromatic heterocycles. The molecule has 2 rings (SSSR count). The summed E-state index contributed by atoms with van der Waals surface area (Å²) in [6.45, 7) is 0. The largest absolute Gasteiger partial charge is 0.377 e. The molecule has 0 bridgehead atoms. The first-order chi connectivity index (χ1) is 8.16. The van der Waals surface area contributed by atoms with Crippen LogP contribution in [-0.2, 0) is 11.2 Å². The number of pyridine rings is 1. The molecule has 1 aliphatic rings. The number of methoxy groups -OCH3 is 1. The molecule has 2 N–H and O–H groups in total. The molecule has 0 saturated heterocycles. The van der Waals surface area contributed by atoms with E-state index in [0.29, 0.717) is 0 Å². The minimum absolute atomic E-state index is 0.0312. The van der Waals surface area contributed by atoms with Crippen molar-refractivity contribution in [2.75, 3.05) is 7.11 Å². The summed E-state index contributed by atoms with van der Waals surface area (Å²) in [5.41, 5.74) is 7.22. The second-order valence-corrected chi connectivity index (χ2v) is 5.67. The fourth-order valence-corrected chi connectivity index (χ4v) is 2.87. The number of nitrogens with zero attached hydrogens (tertiary/aromatic N) is 1. The predicted octanol–water partition coefficient (Wildman–Crippen LogP) is 2.67. The molecular formula is C13H19BrN2O. The molecule has 4 heteroatoms. The van der Waals surface area contributed by atoms with E-state index in [0.717, 1.165) is 29.4 Å². The maximum atomic E-state index is 6.32. The smallest absolute Gasteiger partial charge is 0.0832 e. The third-order valence-electron chi connectivity index (χ3n) is 3.75. The quantitative estimate of drug-likeness (QED) is 0.930. The van der Waals surface area contributed by atoms with Crippen LogP contribution in [0.3, 0.4) is 0 Å². The van der Waals surface area contributed by atoms with E-state index in [-0.39, 0.29) is 11.6 Å². The lowest BCUT2D eigenvalue weighted by atomic mass is 9.89. The molecule has 0 spiro atoms. The first-order valence-corrected chi connectivity index (χ1v) is 6.87. The average Bonchev–Trinajstić information content (AvgIpc) is 2.82. The van der Waals surface area contributed by atoms with Crippen LogP contribution >= 0.6 is 15.9 Å². The van der Waals surface area contributed by atoms with Gasteiger partial charge in [0, 0.05) is 35.9 Å². The highest BCUT2D eigenvalue weighted by Gasteiger charge is 2.39. The first-order valence-electron chi connectivity index (χ1n) is 6.07. The Morgan fingerprint density at radius 1 is 1.47 bits per heavy atom. The van der Waals surface area contributed by atoms with Crippen molar-refractivity contribution < 1.29 is 4.74 Å². The van der Waals surface area contributed by atoms with Crippen molar-refractivity contribution in [2.45, 2.75) is 43.7 Å². The Labute approximate surface area is 111 Å². The van der Waals surface area contributed by atoms with E-state index in [1.165, 1.54) is 12.8 Å². The Balaban J connectivity index is 2.05. The van der Waals surface area contributed by atoms with Gasteiger partial charge in [0.15, 0.2) is 0 Å². The van der Waals surface area contributed by atoms with E-state index >= 15 is 0 Å². The minimum atomic E-state index is -0.130. The summed E-state index contributed by atoms with van der Waals surface area (Å²) >= 11 is 3.38. The van der Waals surface area contributed by atoms with Crippen LogP contribution < -0.4 is 5.73 Å². The van der Waals surface area contributed by atoms with Crippen molar-refractivity contribution in [3.63, 3.8) is 0 Å². The summed E-state index contributed by atoms with van der Waals surface area (Å²) in [5, 5.41) is 0. The molecule has 17 heavy (non-hydrogen) atoms. The Bertz CT molecular complexity index is 360. The molecule has 3 nitrogen and oxygen atoms in total. The van der Waals surface area contributed by atoms with E-state index < -0.39 is 0 Å². The second-order valence-electron chi connectivity index (χ2n) is 4.75. The van der Waals surface area contributed by atoms with Crippen LogP contribution in [0.5, 0.6) is 0 Å². The van der Waals surface area contributed by atoms with Gasteiger partial charge in [0.05, 0.1) is 5.60 Å². The molecule has 1 saturated carbocycles. The molecule has 94 valence electrons. The van der Waals surface area contributed by atoms with Gasteiger partial charge in [0.25, 0.3) is 0 Å². The molecular weight excluding hydrogens is 280 g/mol. The molecule has 1 atom stereocenters. The van der Waals surface area contributed by atoms with Crippen LogP contribution in [-0.4, -0.2) is 23.7 Å². The molecule has 1 fully saturated rings. The van der Waals surface area contributed by atoms with Crippen LogP contribution in [0, 0.1) is 0 Å². The number of hydrogen-bond acceptors (Lipinski definition) is 3. The van der Waals surface area contributed by atoms with Crippen molar-refractivity contribution >= 4 is 15.9 Å². The monoisotopic (exact) mass is 298 g/mol. The molecule has 0 radical (unpaired) electrons. The second kappa shape index (κ2) is 5.46. The average molecular weight is 299 g/mol. The van der Waals surface area contributed by atoms with Gasteiger partial charge in [-0.3, -0.25) is 4.98 Å². The summed E-state index contributed by atoms with van der Waals surface area (Å²) in [6, 6.07) is 4.05. The Kier molecular flexibility index (Phi) is 4.17. The summed E-state index contributed by atoms with van der Waals surface area (Å²) < 4.78 is 6.69. The van der Waals surface area contributed by atoms with Crippen LogP contribution in [0.15, 0.2) is 22.8 Å². The number of hydrogen-bond donors (Lipinski definition) is 1. The van der Waals surface area contributed by atoms with E-state index in [1.54, 1.807) is 7.11 Å². The Morgan fingerprint density at radius 3 is 2.71 bits per heavy atom. The predicted molar refractivity (Wildman–Crippen MR) is 71.8 cm³/mol. The zero-order valence-electron chi connectivity index (χ0n) is 10.2. The lowest BCUT2D eigenvalue weighted by molar-refractivity contribution is -0.0255. The van der Waals surface area contributed by atoms with Crippen LogP contribution in [0.2, 0.25) is 0 Å². The van der Waals surface area contributed by atoms with Gasteiger partial charge in [0.1, 0.15) is 0 Å². The van der Waals surface area contributed by atoms with Crippen molar-refractivity contribution in [3.05, 3.63) is 28.5 Å². The molecule has 0 aromatic carbocycles. The topological polar surface area (TPSA) is 48.1 Å². The number of rotatable bonds is 4. The van der Waals surface area contributed by atoms with E-state index in [2.05, 4.69) is 20.9 Å². The number of aromatic nitrogens is 1. The fraction of sp³-hybridized carbons (Fsp3) is 0.615. The Morgan fingerprint density at radius 2 is 2.18 bits per heavy atom. The highest BCUT2D eigenvalue weighted by molar-refractivity contribution is 9.10. The highest BCUT2D eigenvalue weighted by Crippen LogP contribution is 2.35. The van der Waals surface area contributed by atoms with Crippen LogP contribution in [0.1, 0.15) is 31.4 Å². The highest BCUT2D eigenvalue weighted by atomic mass is 79.9. The molecule has 0 aliphatic heterocycles. The SMILES string of the molecule is COC1(C(N)Cc2ccc(Br)cn2)CCCC1. The molecule has 0 amide bonds. The van der Waals surface area contributed by atoms with Crippen molar-refractivity contribution in [1.29, 1.82) is 0 Å². The summed E-state index contributed by atoms with van der Waals surface area (Å²) in [6.07, 6.45) is 7.17. The van der Waals surface area contributed by atoms with Gasteiger partial charge in [-0.1, -0.05) is 12.8 Å². The molecule has 1 heterocycles. The third-order valence-corrected chi connectivity index (χ3v) is 4.22. The van der Waals surface area contributed by atoms with Crippen molar-refractivity contribution in [1.82, 2.24) is 4.98 Å². The first kappa shape index (κ1) is 13.0. The van der Waals surface area contributed by atoms with E-state index in [1.807, 2.05) is 18.3 Å². The van der Waals surface area contributed by atoms with Gasteiger partial charge in [-0.25, -0.2) is 0 Å². The van der Waals surface area contributed by atoms with E-state index in [9.17, 15) is 0 Å². The van der Waals surface area contributed by atoms with Crippen molar-refractivity contribution in [3.8, 4) is 0 Å². The van der Waals surface area contributed by atoms with Gasteiger partial charge in [-0.2, -0.15) is 0 Å². The zero-order valence-corrected chi connectivity index (χ0v) is 11.7. The molecule has 1 aliphatic carbocycles. The number of ether oxygens (including phenoxy) is 1. The maximum absolute atomic E-state index is 6.32. The minimum Gasteiger partial charge on any atom is -0.377 e. The summed E-state index contributed by atoms with van der Waals surface area (Å²) in [7, 11) is 1.78. The standard InChI is InChI=1S/C13H19BrN2O/c1-17-13(6-2-3-7-13)12(15)8-11-5-4-10(14)9-16-11/h4-5,9,12H,2-3,6-8,15H2,1H3. The summed E-state index contributed by atoms with van der Waals surface area (Å²) in [5.74, 6) is 0. The van der Waals surface area contributed by atoms with E-state index in [4.69, 9.17) is 10.5 Å². The zero-order chi connectivity index (χ0) is 12.3. The molecule has 1 unspecified atom stereocenters. The third kappa shape index (κ3) is 2.87. The maximum Gasteiger partial charge on any atom is 0.0832 e. The Hall–Kier alpha value is -0.450. The van der Waals surface area contributed by atoms with Gasteiger partial charge in [-0.15, -0.1) is 0 Å². The van der Waals surface area contributed by atoms with Gasteiger partial charge >= 0.3 is 0 Å². The van der Waals surface area contributed by atoms with Gasteiger partial charge < -0.3 is 10.5 Å². The number of halogens is 1. The van der Waals surface area contributed by atoms with Gasteiger partial charge in [0.2, 0.25) is 0 Å².